The van der Waals surface area contributed by atoms with Gasteiger partial charge in [0.1, 0.15) is 11.2 Å². The Morgan fingerprint density at radius 1 is 0.270 bits per heavy atom. The van der Waals surface area contributed by atoms with Gasteiger partial charge in [-0.2, -0.15) is 15.0 Å². The van der Waals surface area contributed by atoms with Gasteiger partial charge in [-0.1, -0.05) is 164 Å². The number of hydrogen-bond acceptors (Lipinski definition) is 4. The zero-order chi connectivity index (χ0) is 41.4. The summed E-state index contributed by atoms with van der Waals surface area (Å²) < 4.78 is 10.7. The van der Waals surface area contributed by atoms with E-state index in [1.165, 1.54) is 0 Å². The topological polar surface area (TPSA) is 61.7 Å². The number of fused-ring (bicyclic) bond motifs is 13. The Hall–Kier alpha value is -8.61. The van der Waals surface area contributed by atoms with Crippen molar-refractivity contribution in [1.82, 2.24) is 24.1 Å². The smallest absolute Gasteiger partial charge is 0.240 e. The maximum atomic E-state index is 6.33. The predicted octanol–water partition coefficient (Wildman–Crippen LogP) is 14.7. The summed E-state index contributed by atoms with van der Waals surface area (Å²) in [6.07, 6.45) is 0. The van der Waals surface area contributed by atoms with Gasteiger partial charge in [0.15, 0.2) is 5.82 Å². The van der Waals surface area contributed by atoms with Crippen LogP contribution in [0.3, 0.4) is 0 Å². The molecule has 0 aliphatic rings. The zero-order valence-electron chi connectivity index (χ0n) is 33.9. The SMILES string of the molecule is c1cc(-c2ccc3c(c2)oc2ccccc23)cc(-c2nc(-n3c4ccccc4c4ccccc4c4ccccc4c4ccccc43)nc(-n3c4ccccc4c4ccccc43)n2)c1. The number of benzene rings is 9. The van der Waals surface area contributed by atoms with E-state index in [9.17, 15) is 0 Å². The molecule has 4 aromatic heterocycles. The summed E-state index contributed by atoms with van der Waals surface area (Å²) in [4.78, 5) is 16.4. The monoisotopic (exact) mass is 805 g/mol. The van der Waals surface area contributed by atoms with E-state index < -0.39 is 0 Å². The van der Waals surface area contributed by atoms with Gasteiger partial charge in [-0.05, 0) is 81.2 Å². The van der Waals surface area contributed by atoms with E-state index in [0.29, 0.717) is 17.7 Å². The molecule has 0 atom stereocenters. The Balaban J connectivity index is 1.15. The molecule has 0 N–H and O–H groups in total. The molecule has 0 saturated heterocycles. The molecule has 6 heteroatoms. The van der Waals surface area contributed by atoms with Gasteiger partial charge >= 0.3 is 0 Å². The lowest BCUT2D eigenvalue weighted by atomic mass is 10.0. The lowest BCUT2D eigenvalue weighted by Gasteiger charge is -2.15. The van der Waals surface area contributed by atoms with Crippen molar-refractivity contribution in [1.29, 1.82) is 0 Å². The van der Waals surface area contributed by atoms with Crippen molar-refractivity contribution < 1.29 is 4.42 Å². The average Bonchev–Trinajstić information content (AvgIpc) is 3.91. The molecule has 13 aromatic rings. The van der Waals surface area contributed by atoms with E-state index in [-0.39, 0.29) is 0 Å². The molecule has 0 amide bonds. The molecular formula is C57H35N5O. The lowest BCUT2D eigenvalue weighted by molar-refractivity contribution is 0.669. The van der Waals surface area contributed by atoms with Crippen LogP contribution in [0.4, 0.5) is 0 Å². The Labute approximate surface area is 360 Å². The Kier molecular flexibility index (Phi) is 7.80. The van der Waals surface area contributed by atoms with E-state index in [2.05, 4.69) is 209 Å². The first-order valence-corrected chi connectivity index (χ1v) is 21.2. The second-order valence-electron chi connectivity index (χ2n) is 16.0. The minimum absolute atomic E-state index is 0.503. The quantitative estimate of drug-likeness (QED) is 0.178. The molecule has 0 aliphatic carbocycles. The average molecular weight is 806 g/mol. The van der Waals surface area contributed by atoms with Crippen LogP contribution >= 0.6 is 0 Å². The number of hydrogen-bond donors (Lipinski definition) is 0. The van der Waals surface area contributed by atoms with E-state index in [1.807, 2.05) is 12.1 Å². The van der Waals surface area contributed by atoms with Crippen LogP contribution in [0.25, 0.3) is 122 Å². The van der Waals surface area contributed by atoms with Crippen molar-refractivity contribution in [3.8, 4) is 34.4 Å². The van der Waals surface area contributed by atoms with Gasteiger partial charge in [0.05, 0.1) is 22.1 Å². The van der Waals surface area contributed by atoms with Gasteiger partial charge in [0.25, 0.3) is 0 Å². The van der Waals surface area contributed by atoms with Crippen molar-refractivity contribution >= 4 is 87.1 Å². The summed E-state index contributed by atoms with van der Waals surface area (Å²) >= 11 is 0. The number of aromatic nitrogens is 5. The Morgan fingerprint density at radius 3 is 1.17 bits per heavy atom. The fourth-order valence-electron chi connectivity index (χ4n) is 9.61. The molecule has 13 rings (SSSR count). The summed E-state index contributed by atoms with van der Waals surface area (Å²) in [5, 5.41) is 11.2. The molecule has 0 unspecified atom stereocenters. The van der Waals surface area contributed by atoms with Crippen LogP contribution in [0.15, 0.2) is 217 Å². The highest BCUT2D eigenvalue weighted by Gasteiger charge is 2.20. The van der Waals surface area contributed by atoms with Crippen molar-refractivity contribution in [3.63, 3.8) is 0 Å². The van der Waals surface area contributed by atoms with Crippen molar-refractivity contribution in [2.75, 3.05) is 0 Å². The lowest BCUT2D eigenvalue weighted by Crippen LogP contribution is -2.11. The second-order valence-corrected chi connectivity index (χ2v) is 16.0. The van der Waals surface area contributed by atoms with Gasteiger partial charge in [0.2, 0.25) is 11.9 Å². The molecule has 9 aromatic carbocycles. The molecule has 294 valence electrons. The standard InChI is InChI=1S/C57H35N5O/c1-3-20-41-39(18-1)40-19-2-4-21-42(40)44-23-6-11-28-50(44)61(49-27-10-5-22-43(41)49)56-58-55(59-57(60-56)62-51-29-12-7-24-45(51)46-25-8-13-30-52(46)62)38-17-15-16-36(34-38)37-32-33-48-47-26-9-14-31-53(47)63-54(48)35-37/h1-35H. The molecule has 6 nitrogen and oxygen atoms in total. The maximum Gasteiger partial charge on any atom is 0.240 e. The summed E-state index contributed by atoms with van der Waals surface area (Å²) in [7, 11) is 0. The summed E-state index contributed by atoms with van der Waals surface area (Å²) in [5.74, 6) is 1.58. The molecule has 0 saturated carbocycles. The van der Waals surface area contributed by atoms with Gasteiger partial charge in [-0.3, -0.25) is 9.13 Å². The highest BCUT2D eigenvalue weighted by atomic mass is 16.3. The van der Waals surface area contributed by atoms with Gasteiger partial charge in [0, 0.05) is 37.9 Å². The maximum absolute atomic E-state index is 6.33. The largest absolute Gasteiger partial charge is 0.456 e. The van der Waals surface area contributed by atoms with Crippen LogP contribution in [-0.4, -0.2) is 24.1 Å². The first-order valence-electron chi connectivity index (χ1n) is 21.2. The number of nitrogens with zero attached hydrogens (tertiary/aromatic N) is 5. The van der Waals surface area contributed by atoms with Crippen LogP contribution < -0.4 is 0 Å². The van der Waals surface area contributed by atoms with Crippen molar-refractivity contribution in [2.45, 2.75) is 0 Å². The summed E-state index contributed by atoms with van der Waals surface area (Å²) in [6.45, 7) is 0. The normalized spacial score (nSPS) is 11.8. The second kappa shape index (κ2) is 14.0. The highest BCUT2D eigenvalue weighted by Crippen LogP contribution is 2.37. The minimum atomic E-state index is 0.503. The third-order valence-electron chi connectivity index (χ3n) is 12.4. The molecule has 63 heavy (non-hydrogen) atoms. The van der Waals surface area contributed by atoms with Crippen LogP contribution in [0.2, 0.25) is 0 Å². The van der Waals surface area contributed by atoms with Crippen molar-refractivity contribution in [3.05, 3.63) is 212 Å². The van der Waals surface area contributed by atoms with Gasteiger partial charge in [-0.15, -0.1) is 0 Å². The van der Waals surface area contributed by atoms with E-state index in [0.717, 1.165) is 104 Å². The van der Waals surface area contributed by atoms with Gasteiger partial charge < -0.3 is 4.42 Å². The van der Waals surface area contributed by atoms with E-state index in [4.69, 9.17) is 19.4 Å². The van der Waals surface area contributed by atoms with Crippen LogP contribution in [0, 0.1) is 0 Å². The van der Waals surface area contributed by atoms with Crippen LogP contribution in [-0.2, 0) is 0 Å². The molecular weight excluding hydrogens is 771 g/mol. The molecule has 0 radical (unpaired) electrons. The van der Waals surface area contributed by atoms with Crippen molar-refractivity contribution in [2.24, 2.45) is 0 Å². The molecule has 0 spiro atoms. The Morgan fingerprint density at radius 2 is 0.651 bits per heavy atom. The molecule has 0 bridgehead atoms. The minimum Gasteiger partial charge on any atom is -0.456 e. The van der Waals surface area contributed by atoms with Gasteiger partial charge in [-0.25, -0.2) is 0 Å². The fourth-order valence-corrected chi connectivity index (χ4v) is 9.61. The third-order valence-corrected chi connectivity index (χ3v) is 12.4. The summed E-state index contributed by atoms with van der Waals surface area (Å²) in [6, 6.07) is 74.6. The fraction of sp³-hybridized carbons (Fsp3) is 0. The summed E-state index contributed by atoms with van der Waals surface area (Å²) in [5.41, 5.74) is 8.62. The Bertz CT molecular complexity index is 3900. The number of furan rings is 1. The number of rotatable bonds is 4. The van der Waals surface area contributed by atoms with E-state index in [1.54, 1.807) is 0 Å². The van der Waals surface area contributed by atoms with Crippen LogP contribution in [0.1, 0.15) is 0 Å². The molecule has 0 fully saturated rings. The number of para-hydroxylation sites is 5. The zero-order valence-corrected chi connectivity index (χ0v) is 33.9. The first-order chi connectivity index (χ1) is 31.2. The van der Waals surface area contributed by atoms with E-state index >= 15 is 0 Å². The first kappa shape index (κ1) is 35.2. The molecule has 0 aliphatic heterocycles. The third kappa shape index (κ3) is 5.55. The molecule has 4 heterocycles. The van der Waals surface area contributed by atoms with Crippen LogP contribution in [0.5, 0.6) is 0 Å². The predicted molar refractivity (Wildman–Crippen MR) is 259 cm³/mol. The highest BCUT2D eigenvalue weighted by molar-refractivity contribution is 6.19.